The van der Waals surface area contributed by atoms with Crippen molar-refractivity contribution in [1.29, 1.82) is 0 Å². The zero-order valence-electron chi connectivity index (χ0n) is 16.1. The van der Waals surface area contributed by atoms with Gasteiger partial charge in [-0.2, -0.15) is 4.98 Å². The van der Waals surface area contributed by atoms with E-state index in [-0.39, 0.29) is 23.8 Å². The summed E-state index contributed by atoms with van der Waals surface area (Å²) in [6, 6.07) is 16.1. The molecule has 1 aromatic heterocycles. The Morgan fingerprint density at radius 1 is 1.21 bits per heavy atom. The van der Waals surface area contributed by atoms with Crippen LogP contribution in [0.3, 0.4) is 0 Å². The van der Waals surface area contributed by atoms with Gasteiger partial charge in [-0.05, 0) is 30.2 Å². The molecule has 1 aliphatic heterocycles. The summed E-state index contributed by atoms with van der Waals surface area (Å²) in [5, 5.41) is 10.0. The van der Waals surface area contributed by atoms with Gasteiger partial charge in [-0.25, -0.2) is 0 Å². The van der Waals surface area contributed by atoms with Gasteiger partial charge in [0.1, 0.15) is 0 Å². The first-order valence-electron chi connectivity index (χ1n) is 9.74. The van der Waals surface area contributed by atoms with E-state index in [0.29, 0.717) is 35.8 Å². The molecule has 2 amide bonds. The Labute approximate surface area is 168 Å². The molecule has 2 N–H and O–H groups in total. The zero-order valence-corrected chi connectivity index (χ0v) is 16.1. The molecular formula is C22H22N4O3. The van der Waals surface area contributed by atoms with Crippen molar-refractivity contribution >= 4 is 11.8 Å². The molecule has 1 aliphatic rings. The maximum Gasteiger partial charge on any atom is 0.251 e. The largest absolute Gasteiger partial charge is 0.351 e. The molecule has 7 heteroatoms. The van der Waals surface area contributed by atoms with Crippen LogP contribution in [0.2, 0.25) is 0 Å². The van der Waals surface area contributed by atoms with Gasteiger partial charge in [-0.15, -0.1) is 0 Å². The second kappa shape index (κ2) is 8.26. The highest BCUT2D eigenvalue weighted by molar-refractivity contribution is 5.97. The van der Waals surface area contributed by atoms with Crippen molar-refractivity contribution in [2.75, 3.05) is 6.54 Å². The summed E-state index contributed by atoms with van der Waals surface area (Å²) in [5.41, 5.74) is 2.07. The highest BCUT2D eigenvalue weighted by Crippen LogP contribution is 2.30. The van der Waals surface area contributed by atoms with Gasteiger partial charge in [-0.3, -0.25) is 9.59 Å². The fourth-order valence-corrected chi connectivity index (χ4v) is 3.54. The van der Waals surface area contributed by atoms with Crippen LogP contribution in [-0.2, 0) is 0 Å². The summed E-state index contributed by atoms with van der Waals surface area (Å²) < 4.78 is 5.55. The Kier molecular flexibility index (Phi) is 5.37. The molecule has 3 aromatic rings. The van der Waals surface area contributed by atoms with Crippen LogP contribution in [0.5, 0.6) is 0 Å². The smallest absolute Gasteiger partial charge is 0.251 e. The Morgan fingerprint density at radius 2 is 1.97 bits per heavy atom. The van der Waals surface area contributed by atoms with E-state index in [4.69, 9.17) is 4.52 Å². The number of rotatable bonds is 6. The van der Waals surface area contributed by atoms with Crippen LogP contribution in [0.15, 0.2) is 59.1 Å². The molecule has 0 saturated heterocycles. The van der Waals surface area contributed by atoms with Crippen molar-refractivity contribution in [3.63, 3.8) is 0 Å². The maximum atomic E-state index is 12.6. The first-order chi connectivity index (χ1) is 14.2. The van der Waals surface area contributed by atoms with Gasteiger partial charge in [-0.1, -0.05) is 54.9 Å². The predicted octanol–water partition coefficient (Wildman–Crippen LogP) is 3.22. The lowest BCUT2D eigenvalue weighted by molar-refractivity contribution is 0.0927. The zero-order chi connectivity index (χ0) is 20.2. The summed E-state index contributed by atoms with van der Waals surface area (Å²) in [7, 11) is 0. The monoisotopic (exact) mass is 390 g/mol. The topological polar surface area (TPSA) is 97.1 Å². The van der Waals surface area contributed by atoms with E-state index in [1.165, 1.54) is 0 Å². The molecule has 4 rings (SSSR count). The molecule has 0 fully saturated rings. The molecule has 29 heavy (non-hydrogen) atoms. The van der Waals surface area contributed by atoms with Gasteiger partial charge in [0.25, 0.3) is 11.8 Å². The molecule has 148 valence electrons. The van der Waals surface area contributed by atoms with Crippen molar-refractivity contribution in [3.05, 3.63) is 83.0 Å². The third-order valence-corrected chi connectivity index (χ3v) is 5.03. The van der Waals surface area contributed by atoms with Gasteiger partial charge in [0.15, 0.2) is 5.82 Å². The molecule has 2 atom stereocenters. The number of nitrogens with zero attached hydrogens (tertiary/aromatic N) is 2. The average molecular weight is 390 g/mol. The van der Waals surface area contributed by atoms with Crippen LogP contribution < -0.4 is 10.6 Å². The number of aromatic nitrogens is 2. The third-order valence-electron chi connectivity index (χ3n) is 5.03. The van der Waals surface area contributed by atoms with Crippen LogP contribution in [-0.4, -0.2) is 28.5 Å². The second-order valence-electron chi connectivity index (χ2n) is 7.02. The number of nitrogens with one attached hydrogen (secondary N) is 2. The van der Waals surface area contributed by atoms with Crippen molar-refractivity contribution in [1.82, 2.24) is 20.8 Å². The van der Waals surface area contributed by atoms with E-state index < -0.39 is 0 Å². The van der Waals surface area contributed by atoms with Crippen molar-refractivity contribution in [3.8, 4) is 0 Å². The lowest BCUT2D eigenvalue weighted by Gasteiger charge is -2.22. The molecule has 7 nitrogen and oxygen atoms in total. The molecule has 0 spiro atoms. The van der Waals surface area contributed by atoms with Gasteiger partial charge in [0, 0.05) is 17.7 Å². The third kappa shape index (κ3) is 3.89. The molecular weight excluding hydrogens is 368 g/mol. The molecule has 2 aromatic carbocycles. The lowest BCUT2D eigenvalue weighted by Crippen LogP contribution is -2.35. The number of amides is 2. The minimum absolute atomic E-state index is 0.101. The molecule has 0 aliphatic carbocycles. The number of carbonyl (C=O) groups excluding carboxylic acids is 2. The van der Waals surface area contributed by atoms with Crippen molar-refractivity contribution in [2.45, 2.75) is 31.7 Å². The van der Waals surface area contributed by atoms with Crippen molar-refractivity contribution < 1.29 is 14.1 Å². The first-order valence-corrected chi connectivity index (χ1v) is 9.74. The highest BCUT2D eigenvalue weighted by atomic mass is 16.5. The van der Waals surface area contributed by atoms with E-state index in [1.54, 1.807) is 18.2 Å². The summed E-state index contributed by atoms with van der Waals surface area (Å²) >= 11 is 0. The second-order valence-corrected chi connectivity index (χ2v) is 7.02. The molecule has 0 saturated carbocycles. The summed E-state index contributed by atoms with van der Waals surface area (Å²) in [4.78, 5) is 29.2. The predicted molar refractivity (Wildman–Crippen MR) is 106 cm³/mol. The average Bonchev–Trinajstić information content (AvgIpc) is 3.24. The summed E-state index contributed by atoms with van der Waals surface area (Å²) in [6.07, 6.45) is 1.54. The number of hydrogen-bond acceptors (Lipinski definition) is 5. The van der Waals surface area contributed by atoms with Gasteiger partial charge in [0.2, 0.25) is 5.89 Å². The highest BCUT2D eigenvalue weighted by Gasteiger charge is 2.31. The Morgan fingerprint density at radius 3 is 2.76 bits per heavy atom. The molecule has 2 heterocycles. The molecule has 0 bridgehead atoms. The maximum absolute atomic E-state index is 12.6. The summed E-state index contributed by atoms with van der Waals surface area (Å²) in [5.74, 6) is 0.390. The lowest BCUT2D eigenvalue weighted by atomic mass is 9.90. The van der Waals surface area contributed by atoms with Crippen LogP contribution in [0, 0.1) is 0 Å². The Bertz CT molecular complexity index is 1020. The van der Waals surface area contributed by atoms with Crippen LogP contribution in [0.1, 0.15) is 69.7 Å². The number of benzene rings is 2. The van der Waals surface area contributed by atoms with Crippen LogP contribution >= 0.6 is 0 Å². The number of carbonyl (C=O) groups is 2. The van der Waals surface area contributed by atoms with E-state index >= 15 is 0 Å². The standard InChI is InChI=1S/C22H22N4O3/c1-2-8-18(24-20(27)14-9-4-3-5-10-14)19-25-22(29-26-19)17-13-23-21(28)16-12-7-6-11-15(16)17/h3-7,9-12,17-18H,2,8,13H2,1H3,(H,23,28)(H,24,27). The fourth-order valence-electron chi connectivity index (χ4n) is 3.54. The van der Waals surface area contributed by atoms with Crippen LogP contribution in [0.25, 0.3) is 0 Å². The number of hydrogen-bond donors (Lipinski definition) is 2. The van der Waals surface area contributed by atoms with Gasteiger partial charge < -0.3 is 15.2 Å². The normalized spacial score (nSPS) is 16.6. The van der Waals surface area contributed by atoms with E-state index in [9.17, 15) is 9.59 Å². The quantitative estimate of drug-likeness (QED) is 0.674. The fraction of sp³-hybridized carbons (Fsp3) is 0.273. The molecule has 0 radical (unpaired) electrons. The van der Waals surface area contributed by atoms with E-state index in [2.05, 4.69) is 20.8 Å². The van der Waals surface area contributed by atoms with Gasteiger partial charge in [0.05, 0.1) is 12.0 Å². The Hall–Kier alpha value is -3.48. The van der Waals surface area contributed by atoms with Crippen molar-refractivity contribution in [2.24, 2.45) is 0 Å². The number of fused-ring (bicyclic) bond motifs is 1. The minimum Gasteiger partial charge on any atom is -0.351 e. The SMILES string of the molecule is CCCC(NC(=O)c1ccccc1)c1noc(C2CNC(=O)c3ccccc32)n1. The first kappa shape index (κ1) is 18.9. The van der Waals surface area contributed by atoms with Crippen LogP contribution in [0.4, 0.5) is 0 Å². The van der Waals surface area contributed by atoms with Gasteiger partial charge >= 0.3 is 0 Å². The van der Waals surface area contributed by atoms with E-state index in [1.807, 2.05) is 43.3 Å². The summed E-state index contributed by atoms with van der Waals surface area (Å²) in [6.45, 7) is 2.43. The minimum atomic E-state index is -0.348. The Balaban J connectivity index is 1.57. The van der Waals surface area contributed by atoms with E-state index in [0.717, 1.165) is 12.0 Å². The molecule has 2 unspecified atom stereocenters.